The van der Waals surface area contributed by atoms with Crippen LogP contribution in [0.3, 0.4) is 0 Å². The van der Waals surface area contributed by atoms with Gasteiger partial charge in [0, 0.05) is 32.3 Å². The molecule has 1 aromatic heterocycles. The summed E-state index contributed by atoms with van der Waals surface area (Å²) in [6.07, 6.45) is 4.29. The Morgan fingerprint density at radius 2 is 2.19 bits per heavy atom. The SMILES string of the molecule is CO[C@H]1CNCC[C@@H]1c1cn(CCc2ccccc2)nn1. The Hall–Kier alpha value is -1.72. The van der Waals surface area contributed by atoms with E-state index in [4.69, 9.17) is 4.74 Å². The summed E-state index contributed by atoms with van der Waals surface area (Å²) in [5.41, 5.74) is 2.38. The molecule has 2 atom stereocenters. The van der Waals surface area contributed by atoms with E-state index in [-0.39, 0.29) is 6.10 Å². The van der Waals surface area contributed by atoms with E-state index < -0.39 is 0 Å². The van der Waals surface area contributed by atoms with Gasteiger partial charge in [-0.05, 0) is 24.9 Å². The van der Waals surface area contributed by atoms with E-state index in [9.17, 15) is 0 Å². The molecule has 0 unspecified atom stereocenters. The van der Waals surface area contributed by atoms with Crippen LogP contribution in [-0.4, -0.2) is 41.3 Å². The number of piperidine rings is 1. The van der Waals surface area contributed by atoms with Crippen molar-refractivity contribution in [1.29, 1.82) is 0 Å². The van der Waals surface area contributed by atoms with Crippen LogP contribution in [0.4, 0.5) is 0 Å². The smallest absolute Gasteiger partial charge is 0.0884 e. The minimum absolute atomic E-state index is 0.193. The van der Waals surface area contributed by atoms with Gasteiger partial charge in [0.15, 0.2) is 0 Å². The highest BCUT2D eigenvalue weighted by molar-refractivity contribution is 5.14. The maximum Gasteiger partial charge on any atom is 0.0884 e. The molecule has 21 heavy (non-hydrogen) atoms. The summed E-state index contributed by atoms with van der Waals surface area (Å²) in [6.45, 7) is 2.76. The maximum absolute atomic E-state index is 5.56. The lowest BCUT2D eigenvalue weighted by Gasteiger charge is -2.29. The standard InChI is InChI=1S/C16H22N4O/c1-21-16-11-17-9-7-14(16)15-12-20(19-18-15)10-8-13-5-3-2-4-6-13/h2-6,12,14,16-17H,7-11H2,1H3/t14-,16+/m1/s1. The van der Waals surface area contributed by atoms with Crippen molar-refractivity contribution >= 4 is 0 Å². The van der Waals surface area contributed by atoms with E-state index in [0.29, 0.717) is 5.92 Å². The summed E-state index contributed by atoms with van der Waals surface area (Å²) < 4.78 is 7.50. The van der Waals surface area contributed by atoms with Crippen molar-refractivity contribution in [2.75, 3.05) is 20.2 Å². The molecule has 5 heteroatoms. The molecule has 1 aliphatic heterocycles. The number of hydrogen-bond acceptors (Lipinski definition) is 4. The third kappa shape index (κ3) is 3.49. The Labute approximate surface area is 125 Å². The molecule has 0 bridgehead atoms. The topological polar surface area (TPSA) is 52.0 Å². The number of ether oxygens (including phenoxy) is 1. The van der Waals surface area contributed by atoms with Gasteiger partial charge in [0.2, 0.25) is 0 Å². The van der Waals surface area contributed by atoms with Gasteiger partial charge in [-0.1, -0.05) is 35.5 Å². The molecule has 0 amide bonds. The number of nitrogens with zero attached hydrogens (tertiary/aromatic N) is 3. The van der Waals surface area contributed by atoms with Crippen molar-refractivity contribution in [2.24, 2.45) is 0 Å². The van der Waals surface area contributed by atoms with Gasteiger partial charge in [0.25, 0.3) is 0 Å². The van der Waals surface area contributed by atoms with Gasteiger partial charge in [-0.15, -0.1) is 5.10 Å². The number of hydrogen-bond donors (Lipinski definition) is 1. The number of benzene rings is 1. The third-order valence-corrected chi connectivity index (χ3v) is 4.14. The zero-order chi connectivity index (χ0) is 14.5. The van der Waals surface area contributed by atoms with E-state index in [1.165, 1.54) is 5.56 Å². The summed E-state index contributed by atoms with van der Waals surface area (Å²) in [6, 6.07) is 10.5. The van der Waals surface area contributed by atoms with Crippen LogP contribution in [0.1, 0.15) is 23.6 Å². The minimum atomic E-state index is 0.193. The molecule has 0 spiro atoms. The predicted octanol–water partition coefficient (Wildman–Crippen LogP) is 1.61. The van der Waals surface area contributed by atoms with Gasteiger partial charge in [-0.3, -0.25) is 4.68 Å². The number of nitrogens with one attached hydrogen (secondary N) is 1. The summed E-state index contributed by atoms with van der Waals surface area (Å²) in [4.78, 5) is 0. The van der Waals surface area contributed by atoms with Crippen molar-refractivity contribution in [3.05, 3.63) is 47.8 Å². The molecule has 1 saturated heterocycles. The molecule has 2 heterocycles. The second-order valence-electron chi connectivity index (χ2n) is 5.52. The van der Waals surface area contributed by atoms with Crippen LogP contribution in [0.5, 0.6) is 0 Å². The Kier molecular flexibility index (Phi) is 4.62. The lowest BCUT2D eigenvalue weighted by Crippen LogP contribution is -2.40. The van der Waals surface area contributed by atoms with Crippen LogP contribution < -0.4 is 5.32 Å². The quantitative estimate of drug-likeness (QED) is 0.907. The van der Waals surface area contributed by atoms with E-state index >= 15 is 0 Å². The van der Waals surface area contributed by atoms with E-state index in [2.05, 4.69) is 46.1 Å². The van der Waals surface area contributed by atoms with Crippen molar-refractivity contribution in [3.63, 3.8) is 0 Å². The number of methoxy groups -OCH3 is 1. The highest BCUT2D eigenvalue weighted by atomic mass is 16.5. The highest BCUT2D eigenvalue weighted by Gasteiger charge is 2.28. The molecule has 3 rings (SSSR count). The van der Waals surface area contributed by atoms with Gasteiger partial charge in [-0.2, -0.15) is 0 Å². The van der Waals surface area contributed by atoms with Crippen molar-refractivity contribution in [1.82, 2.24) is 20.3 Å². The van der Waals surface area contributed by atoms with Crippen molar-refractivity contribution in [3.8, 4) is 0 Å². The molecule has 0 aliphatic carbocycles. The molecule has 1 aliphatic rings. The normalized spacial score (nSPS) is 22.3. The van der Waals surface area contributed by atoms with Gasteiger partial charge < -0.3 is 10.1 Å². The van der Waals surface area contributed by atoms with Crippen molar-refractivity contribution in [2.45, 2.75) is 31.4 Å². The first-order valence-corrected chi connectivity index (χ1v) is 7.54. The molecular weight excluding hydrogens is 264 g/mol. The molecule has 0 radical (unpaired) electrons. The second kappa shape index (κ2) is 6.83. The van der Waals surface area contributed by atoms with Gasteiger partial charge in [-0.25, -0.2) is 0 Å². The molecule has 1 fully saturated rings. The fraction of sp³-hybridized carbons (Fsp3) is 0.500. The second-order valence-corrected chi connectivity index (χ2v) is 5.52. The summed E-state index contributed by atoms with van der Waals surface area (Å²) >= 11 is 0. The van der Waals surface area contributed by atoms with E-state index in [0.717, 1.165) is 38.2 Å². The average molecular weight is 286 g/mol. The Bertz CT molecular complexity index is 554. The lowest BCUT2D eigenvalue weighted by molar-refractivity contribution is 0.0612. The largest absolute Gasteiger partial charge is 0.379 e. The minimum Gasteiger partial charge on any atom is -0.379 e. The monoisotopic (exact) mass is 286 g/mol. The number of aromatic nitrogens is 3. The van der Waals surface area contributed by atoms with Gasteiger partial charge in [0.1, 0.15) is 0 Å². The zero-order valence-electron chi connectivity index (χ0n) is 12.4. The highest BCUT2D eigenvalue weighted by Crippen LogP contribution is 2.25. The molecule has 1 aromatic carbocycles. The van der Waals surface area contributed by atoms with Crippen LogP contribution in [0.15, 0.2) is 36.5 Å². The van der Waals surface area contributed by atoms with Crippen LogP contribution in [0.2, 0.25) is 0 Å². The van der Waals surface area contributed by atoms with Gasteiger partial charge in [0.05, 0.1) is 11.8 Å². The maximum atomic E-state index is 5.56. The number of aryl methyl sites for hydroxylation is 2. The summed E-state index contributed by atoms with van der Waals surface area (Å²) in [5.74, 6) is 0.349. The Balaban J connectivity index is 1.63. The number of rotatable bonds is 5. The van der Waals surface area contributed by atoms with E-state index in [1.807, 2.05) is 10.7 Å². The molecule has 1 N–H and O–H groups in total. The van der Waals surface area contributed by atoms with Crippen LogP contribution in [0, 0.1) is 0 Å². The fourth-order valence-corrected chi connectivity index (χ4v) is 2.90. The molecular formula is C16H22N4O. The summed E-state index contributed by atoms with van der Waals surface area (Å²) in [5, 5.41) is 12.0. The first kappa shape index (κ1) is 14.2. The van der Waals surface area contributed by atoms with E-state index in [1.54, 1.807) is 7.11 Å². The van der Waals surface area contributed by atoms with Crippen LogP contribution in [-0.2, 0) is 17.7 Å². The lowest BCUT2D eigenvalue weighted by atomic mass is 9.92. The molecule has 2 aromatic rings. The summed E-state index contributed by atoms with van der Waals surface area (Å²) in [7, 11) is 1.77. The average Bonchev–Trinajstić information content (AvgIpc) is 3.02. The first-order valence-electron chi connectivity index (χ1n) is 7.54. The predicted molar refractivity (Wildman–Crippen MR) is 81.2 cm³/mol. The van der Waals surface area contributed by atoms with Crippen molar-refractivity contribution < 1.29 is 4.74 Å². The fourth-order valence-electron chi connectivity index (χ4n) is 2.90. The third-order valence-electron chi connectivity index (χ3n) is 4.14. The Morgan fingerprint density at radius 3 is 3.00 bits per heavy atom. The molecule has 112 valence electrons. The molecule has 5 nitrogen and oxygen atoms in total. The van der Waals surface area contributed by atoms with Gasteiger partial charge >= 0.3 is 0 Å². The first-order chi connectivity index (χ1) is 10.4. The zero-order valence-corrected chi connectivity index (χ0v) is 12.4. The van der Waals surface area contributed by atoms with Crippen LogP contribution in [0.25, 0.3) is 0 Å². The van der Waals surface area contributed by atoms with Crippen LogP contribution >= 0.6 is 0 Å². The molecule has 0 saturated carbocycles. The Morgan fingerprint density at radius 1 is 1.33 bits per heavy atom.